The number of hydrogen-bond donors (Lipinski definition) is 0. The minimum atomic E-state index is -0.669. The van der Waals surface area contributed by atoms with E-state index in [4.69, 9.17) is 4.84 Å². The summed E-state index contributed by atoms with van der Waals surface area (Å²) in [7, 11) is 1.73. The van der Waals surface area contributed by atoms with Gasteiger partial charge < -0.3 is 9.74 Å². The first-order valence-corrected chi connectivity index (χ1v) is 8.97. The molecule has 0 spiro atoms. The fourth-order valence-electron chi connectivity index (χ4n) is 3.31. The molecule has 1 amide bonds. The van der Waals surface area contributed by atoms with E-state index in [1.54, 1.807) is 11.9 Å². The summed E-state index contributed by atoms with van der Waals surface area (Å²) in [6.45, 7) is 2.33. The molecular weight excluding hydrogens is 350 g/mol. The van der Waals surface area contributed by atoms with E-state index < -0.39 is 11.6 Å². The lowest BCUT2D eigenvalue weighted by Crippen LogP contribution is -2.37. The number of benzene rings is 2. The second kappa shape index (κ2) is 8.29. The Labute approximate surface area is 157 Å². The molecule has 2 aromatic carbocycles. The van der Waals surface area contributed by atoms with Crippen molar-refractivity contribution >= 4 is 11.6 Å². The van der Waals surface area contributed by atoms with Crippen LogP contribution in [-0.4, -0.2) is 36.2 Å². The van der Waals surface area contributed by atoms with Gasteiger partial charge in [-0.15, -0.1) is 0 Å². The Balaban J connectivity index is 1.62. The van der Waals surface area contributed by atoms with Crippen LogP contribution in [0.25, 0.3) is 0 Å². The molecule has 0 fully saturated rings. The van der Waals surface area contributed by atoms with Crippen molar-refractivity contribution in [1.29, 1.82) is 0 Å². The van der Waals surface area contributed by atoms with Gasteiger partial charge in [0.15, 0.2) is 6.10 Å². The van der Waals surface area contributed by atoms with Crippen molar-refractivity contribution in [3.8, 4) is 0 Å². The first kappa shape index (κ1) is 19.0. The lowest BCUT2D eigenvalue weighted by atomic mass is 9.95. The molecule has 0 N–H and O–H groups in total. The summed E-state index contributed by atoms with van der Waals surface area (Å²) >= 11 is 0. The minimum Gasteiger partial charge on any atom is -0.390 e. The molecule has 0 radical (unpaired) electrons. The fraction of sp³-hybridized carbons (Fsp3) is 0.333. The highest BCUT2D eigenvalue weighted by Crippen LogP contribution is 2.24. The van der Waals surface area contributed by atoms with E-state index in [-0.39, 0.29) is 23.5 Å². The number of halogens is 2. The summed E-state index contributed by atoms with van der Waals surface area (Å²) in [5.74, 6) is -1.51. The number of amides is 1. The third-order valence-electron chi connectivity index (χ3n) is 4.74. The molecule has 0 saturated carbocycles. The smallest absolute Gasteiger partial charge is 0.229 e. The zero-order valence-electron chi connectivity index (χ0n) is 15.4. The predicted molar refractivity (Wildman–Crippen MR) is 99.5 cm³/mol. The summed E-state index contributed by atoms with van der Waals surface area (Å²) in [6, 6.07) is 13.0. The number of hydrogen-bond acceptors (Lipinski definition) is 3. The molecule has 1 heterocycles. The van der Waals surface area contributed by atoms with Crippen molar-refractivity contribution in [2.24, 2.45) is 5.16 Å². The number of likely N-dealkylation sites (N-methyl/N-ethyl adjacent to an activating group) is 1. The molecule has 3 rings (SSSR count). The largest absolute Gasteiger partial charge is 0.390 e. The van der Waals surface area contributed by atoms with Crippen molar-refractivity contribution in [2.75, 3.05) is 13.6 Å². The van der Waals surface area contributed by atoms with E-state index in [9.17, 15) is 13.6 Å². The highest BCUT2D eigenvalue weighted by molar-refractivity contribution is 6.01. The van der Waals surface area contributed by atoms with Gasteiger partial charge in [0.25, 0.3) is 0 Å². The lowest BCUT2D eigenvalue weighted by molar-refractivity contribution is -0.133. The molecule has 2 aromatic rings. The van der Waals surface area contributed by atoms with Crippen molar-refractivity contribution < 1.29 is 18.4 Å². The topological polar surface area (TPSA) is 41.9 Å². The maximum absolute atomic E-state index is 13.9. The number of rotatable bonds is 6. The van der Waals surface area contributed by atoms with Crippen LogP contribution in [0, 0.1) is 11.6 Å². The van der Waals surface area contributed by atoms with Gasteiger partial charge in [0.2, 0.25) is 5.91 Å². The Morgan fingerprint density at radius 3 is 2.67 bits per heavy atom. The van der Waals surface area contributed by atoms with Crippen molar-refractivity contribution in [1.82, 2.24) is 4.90 Å². The van der Waals surface area contributed by atoms with E-state index >= 15 is 0 Å². The summed E-state index contributed by atoms with van der Waals surface area (Å²) in [4.78, 5) is 19.8. The van der Waals surface area contributed by atoms with Crippen LogP contribution in [0.4, 0.5) is 8.78 Å². The van der Waals surface area contributed by atoms with E-state index in [1.165, 1.54) is 12.1 Å². The van der Waals surface area contributed by atoms with Crippen LogP contribution in [0.15, 0.2) is 53.7 Å². The van der Waals surface area contributed by atoms with Crippen LogP contribution in [-0.2, 0) is 9.63 Å². The molecule has 142 valence electrons. The average molecular weight is 372 g/mol. The quantitative estimate of drug-likeness (QED) is 0.766. The van der Waals surface area contributed by atoms with Gasteiger partial charge >= 0.3 is 0 Å². The number of nitrogens with zero attached hydrogens (tertiary/aromatic N) is 2. The zero-order chi connectivity index (χ0) is 19.4. The second-order valence-electron chi connectivity index (χ2n) is 6.68. The van der Waals surface area contributed by atoms with E-state index in [0.29, 0.717) is 25.1 Å². The fourth-order valence-corrected chi connectivity index (χ4v) is 3.31. The van der Waals surface area contributed by atoms with Crippen LogP contribution in [0.1, 0.15) is 36.8 Å². The van der Waals surface area contributed by atoms with Crippen LogP contribution in [0.2, 0.25) is 0 Å². The van der Waals surface area contributed by atoms with Gasteiger partial charge in [0.05, 0.1) is 18.2 Å². The standard InChI is InChI=1S/C21H22F2N2O2/c1-3-17(14-7-5-4-6-8-14)21(26)25(2)13-16-12-20(24-27-16)18-10-9-15(22)11-19(18)23/h4-11,16-17H,3,12-13H2,1-2H3. The monoisotopic (exact) mass is 372 g/mol. The molecule has 0 saturated heterocycles. The second-order valence-corrected chi connectivity index (χ2v) is 6.68. The molecule has 27 heavy (non-hydrogen) atoms. The molecule has 1 aliphatic rings. The molecule has 0 bridgehead atoms. The van der Waals surface area contributed by atoms with Gasteiger partial charge in [-0.05, 0) is 24.1 Å². The number of carbonyl (C=O) groups is 1. The van der Waals surface area contributed by atoms with Gasteiger partial charge in [-0.2, -0.15) is 0 Å². The SMILES string of the molecule is CCC(C(=O)N(C)CC1CC(c2ccc(F)cc2F)=NO1)c1ccccc1. The van der Waals surface area contributed by atoms with E-state index in [0.717, 1.165) is 11.6 Å². The molecular formula is C21H22F2N2O2. The summed E-state index contributed by atoms with van der Waals surface area (Å²) in [5.41, 5.74) is 1.63. The predicted octanol–water partition coefficient (Wildman–Crippen LogP) is 4.11. The molecule has 2 unspecified atom stereocenters. The minimum absolute atomic E-state index is 0.00807. The molecule has 1 aliphatic heterocycles. The normalized spacial score (nSPS) is 17.2. The maximum atomic E-state index is 13.9. The average Bonchev–Trinajstić information content (AvgIpc) is 3.11. The van der Waals surface area contributed by atoms with Gasteiger partial charge in [0, 0.05) is 25.1 Å². The Bertz CT molecular complexity index is 839. The molecule has 4 nitrogen and oxygen atoms in total. The van der Waals surface area contributed by atoms with E-state index in [2.05, 4.69) is 5.16 Å². The van der Waals surface area contributed by atoms with Crippen LogP contribution in [0.5, 0.6) is 0 Å². The van der Waals surface area contributed by atoms with Crippen molar-refractivity contribution in [3.05, 3.63) is 71.3 Å². The molecule has 0 aliphatic carbocycles. The van der Waals surface area contributed by atoms with Gasteiger partial charge in [0.1, 0.15) is 11.6 Å². The highest BCUT2D eigenvalue weighted by Gasteiger charge is 2.29. The third-order valence-corrected chi connectivity index (χ3v) is 4.74. The first-order chi connectivity index (χ1) is 13.0. The summed E-state index contributed by atoms with van der Waals surface area (Å²) < 4.78 is 27.0. The molecule has 2 atom stereocenters. The highest BCUT2D eigenvalue weighted by atomic mass is 19.1. The Morgan fingerprint density at radius 2 is 2.00 bits per heavy atom. The Morgan fingerprint density at radius 1 is 1.26 bits per heavy atom. The Kier molecular flexibility index (Phi) is 5.84. The molecule has 6 heteroatoms. The summed E-state index contributed by atoms with van der Waals surface area (Å²) in [6.07, 6.45) is 0.704. The number of oxime groups is 1. The zero-order valence-corrected chi connectivity index (χ0v) is 15.4. The van der Waals surface area contributed by atoms with Gasteiger partial charge in [-0.25, -0.2) is 8.78 Å². The van der Waals surface area contributed by atoms with Crippen LogP contribution in [0.3, 0.4) is 0 Å². The van der Waals surface area contributed by atoms with Crippen molar-refractivity contribution in [2.45, 2.75) is 31.8 Å². The van der Waals surface area contributed by atoms with Gasteiger partial charge in [-0.3, -0.25) is 4.79 Å². The number of carbonyl (C=O) groups excluding carboxylic acids is 1. The van der Waals surface area contributed by atoms with Gasteiger partial charge in [-0.1, -0.05) is 42.4 Å². The van der Waals surface area contributed by atoms with Crippen LogP contribution < -0.4 is 0 Å². The Hall–Kier alpha value is -2.76. The van der Waals surface area contributed by atoms with Crippen molar-refractivity contribution in [3.63, 3.8) is 0 Å². The van der Waals surface area contributed by atoms with E-state index in [1.807, 2.05) is 37.3 Å². The summed E-state index contributed by atoms with van der Waals surface area (Å²) in [5, 5.41) is 3.93. The third kappa shape index (κ3) is 4.32. The van der Waals surface area contributed by atoms with Crippen LogP contribution >= 0.6 is 0 Å². The lowest BCUT2D eigenvalue weighted by Gasteiger charge is -2.25. The molecule has 0 aromatic heterocycles. The maximum Gasteiger partial charge on any atom is 0.229 e. The first-order valence-electron chi connectivity index (χ1n) is 8.97.